The number of aromatic nitrogens is 4. The largest absolute Gasteiger partial charge is 0.394 e. The van der Waals surface area contributed by atoms with Gasteiger partial charge in [-0.3, -0.25) is 4.57 Å². The summed E-state index contributed by atoms with van der Waals surface area (Å²) in [5.74, 6) is 0.0869. The van der Waals surface area contributed by atoms with E-state index in [0.717, 1.165) is 12.8 Å². The van der Waals surface area contributed by atoms with Crippen LogP contribution in [0.4, 0.5) is 11.8 Å². The van der Waals surface area contributed by atoms with E-state index in [1.807, 2.05) is 0 Å². The molecule has 0 aromatic carbocycles. The molecule has 0 aliphatic carbocycles. The number of anilines is 1. The average Bonchev–Trinajstić information content (AvgIpc) is 3.04. The van der Waals surface area contributed by atoms with Gasteiger partial charge in [0.25, 0.3) is 0 Å². The Balaban J connectivity index is 2.06. The zero-order chi connectivity index (χ0) is 14.1. The van der Waals surface area contributed by atoms with Gasteiger partial charge in [-0.15, -0.1) is 0 Å². The lowest BCUT2D eigenvalue weighted by Crippen LogP contribution is -2.14. The number of nitrogens with two attached hydrogens (primary N) is 1. The van der Waals surface area contributed by atoms with E-state index in [-0.39, 0.29) is 30.7 Å². The highest BCUT2D eigenvalue weighted by Gasteiger charge is 2.27. The molecule has 20 heavy (non-hydrogen) atoms. The highest BCUT2D eigenvalue weighted by molar-refractivity contribution is 5.82. The summed E-state index contributed by atoms with van der Waals surface area (Å²) < 4.78 is 7.38. The molecule has 10 nitrogen and oxygen atoms in total. The molecule has 2 aromatic rings. The third-order valence-corrected chi connectivity index (χ3v) is 3.17. The van der Waals surface area contributed by atoms with Crippen LogP contribution in [0, 0.1) is 0 Å². The summed E-state index contributed by atoms with van der Waals surface area (Å²) >= 11 is 0. The lowest BCUT2D eigenvalue weighted by molar-refractivity contribution is -0.0207. The molecule has 3 rings (SSSR count). The predicted octanol–water partition coefficient (Wildman–Crippen LogP) is 1.02. The molecule has 0 amide bonds. The highest BCUT2D eigenvalue weighted by atomic mass is 16.5. The summed E-state index contributed by atoms with van der Waals surface area (Å²) in [7, 11) is 0. The van der Waals surface area contributed by atoms with E-state index in [1.54, 1.807) is 10.9 Å². The van der Waals surface area contributed by atoms with Gasteiger partial charge in [-0.1, -0.05) is 0 Å². The number of azide groups is 1. The molecule has 1 saturated heterocycles. The summed E-state index contributed by atoms with van der Waals surface area (Å²) in [5.41, 5.74) is 15.1. The molecule has 104 valence electrons. The van der Waals surface area contributed by atoms with Crippen LogP contribution in [-0.4, -0.2) is 37.3 Å². The van der Waals surface area contributed by atoms with Gasteiger partial charge in [0.15, 0.2) is 11.5 Å². The molecule has 3 heterocycles. The minimum absolute atomic E-state index is 0.0236. The van der Waals surface area contributed by atoms with E-state index in [0.29, 0.717) is 11.2 Å². The number of hydrogen-bond acceptors (Lipinski definition) is 7. The van der Waals surface area contributed by atoms with Gasteiger partial charge in [0.1, 0.15) is 11.7 Å². The van der Waals surface area contributed by atoms with Crippen LogP contribution in [0.3, 0.4) is 0 Å². The Hall–Kier alpha value is -2.42. The van der Waals surface area contributed by atoms with Crippen LogP contribution in [0.15, 0.2) is 11.4 Å². The van der Waals surface area contributed by atoms with Crippen molar-refractivity contribution in [1.29, 1.82) is 0 Å². The lowest BCUT2D eigenvalue weighted by atomic mass is 10.2. The van der Waals surface area contributed by atoms with E-state index >= 15 is 0 Å². The van der Waals surface area contributed by atoms with Crippen molar-refractivity contribution in [3.8, 4) is 0 Å². The number of aliphatic hydroxyl groups excluding tert-OH is 1. The van der Waals surface area contributed by atoms with Crippen LogP contribution in [-0.2, 0) is 4.74 Å². The van der Waals surface area contributed by atoms with Crippen molar-refractivity contribution in [3.05, 3.63) is 16.8 Å². The monoisotopic (exact) mass is 276 g/mol. The van der Waals surface area contributed by atoms with Crippen molar-refractivity contribution in [2.75, 3.05) is 12.3 Å². The number of aliphatic hydroxyl groups is 1. The van der Waals surface area contributed by atoms with Crippen molar-refractivity contribution in [3.63, 3.8) is 0 Å². The molecule has 3 N–H and O–H groups in total. The zero-order valence-corrected chi connectivity index (χ0v) is 10.4. The first-order valence-electron chi connectivity index (χ1n) is 6.04. The SMILES string of the molecule is [N-]=[N+]=Nc1nc(N)c2ncn(C3CCC(CO)O3)c2n1. The van der Waals surface area contributed by atoms with Crippen molar-refractivity contribution >= 4 is 22.9 Å². The van der Waals surface area contributed by atoms with Crippen LogP contribution in [0.1, 0.15) is 19.1 Å². The van der Waals surface area contributed by atoms with E-state index < -0.39 is 0 Å². The van der Waals surface area contributed by atoms with Gasteiger partial charge in [0.05, 0.1) is 19.0 Å². The maximum Gasteiger partial charge on any atom is 0.220 e. The number of rotatable bonds is 3. The Bertz CT molecular complexity index is 692. The smallest absolute Gasteiger partial charge is 0.220 e. The van der Waals surface area contributed by atoms with Gasteiger partial charge in [-0.25, -0.2) is 15.0 Å². The molecule has 1 aliphatic rings. The second-order valence-electron chi connectivity index (χ2n) is 4.40. The molecule has 0 bridgehead atoms. The quantitative estimate of drug-likeness (QED) is 0.485. The van der Waals surface area contributed by atoms with Gasteiger partial charge in [0, 0.05) is 4.91 Å². The third-order valence-electron chi connectivity index (χ3n) is 3.17. The molecule has 1 fully saturated rings. The predicted molar refractivity (Wildman–Crippen MR) is 68.8 cm³/mol. The standard InChI is InChI=1S/C10H12N8O2/c11-8-7-9(15-10(14-8)16-17-12)18(4-13-7)6-2-1-5(3-19)20-6/h4-6,19H,1-3H2,(H2,11,14,15). The molecule has 0 spiro atoms. The Morgan fingerprint density at radius 1 is 1.55 bits per heavy atom. The fraction of sp³-hybridized carbons (Fsp3) is 0.500. The van der Waals surface area contributed by atoms with E-state index in [2.05, 4.69) is 25.0 Å². The maximum absolute atomic E-state index is 9.10. The topological polar surface area (TPSA) is 148 Å². The first kappa shape index (κ1) is 12.6. The molecule has 1 aliphatic heterocycles. The first-order chi connectivity index (χ1) is 9.72. The number of hydrogen-bond donors (Lipinski definition) is 2. The molecule has 2 aromatic heterocycles. The van der Waals surface area contributed by atoms with Gasteiger partial charge in [0.2, 0.25) is 5.95 Å². The first-order valence-corrected chi connectivity index (χ1v) is 6.04. The van der Waals surface area contributed by atoms with Gasteiger partial charge in [-0.2, -0.15) is 0 Å². The fourth-order valence-corrected chi connectivity index (χ4v) is 2.25. The Kier molecular flexibility index (Phi) is 3.11. The van der Waals surface area contributed by atoms with Crippen LogP contribution >= 0.6 is 0 Å². The summed E-state index contributed by atoms with van der Waals surface area (Å²) in [6.45, 7) is -0.0236. The zero-order valence-electron chi connectivity index (χ0n) is 10.4. The Labute approximate surface area is 112 Å². The molecule has 2 atom stereocenters. The summed E-state index contributed by atoms with van der Waals surface area (Å²) in [6.07, 6.45) is 2.58. The number of ether oxygens (including phenoxy) is 1. The molecule has 10 heteroatoms. The van der Waals surface area contributed by atoms with E-state index in [4.69, 9.17) is 21.1 Å². The summed E-state index contributed by atoms with van der Waals surface area (Å²) in [5, 5.41) is 12.5. The number of fused-ring (bicyclic) bond motifs is 1. The van der Waals surface area contributed by atoms with Gasteiger partial charge >= 0.3 is 0 Å². The summed E-state index contributed by atoms with van der Waals surface area (Å²) in [6, 6.07) is 0. The Morgan fingerprint density at radius 2 is 2.40 bits per heavy atom. The van der Waals surface area contributed by atoms with Crippen molar-refractivity contribution in [2.24, 2.45) is 5.11 Å². The van der Waals surface area contributed by atoms with Crippen molar-refractivity contribution < 1.29 is 9.84 Å². The maximum atomic E-state index is 9.10. The second kappa shape index (κ2) is 4.93. The van der Waals surface area contributed by atoms with Gasteiger partial charge in [-0.05, 0) is 23.5 Å². The van der Waals surface area contributed by atoms with E-state index in [1.165, 1.54) is 0 Å². The average molecular weight is 276 g/mol. The van der Waals surface area contributed by atoms with Gasteiger partial charge < -0.3 is 15.6 Å². The van der Waals surface area contributed by atoms with Crippen LogP contribution < -0.4 is 5.73 Å². The molecule has 0 saturated carbocycles. The van der Waals surface area contributed by atoms with Crippen LogP contribution in [0.5, 0.6) is 0 Å². The van der Waals surface area contributed by atoms with E-state index in [9.17, 15) is 0 Å². The molecular formula is C10H12N8O2. The van der Waals surface area contributed by atoms with Crippen molar-refractivity contribution in [1.82, 2.24) is 19.5 Å². The number of nitrogens with zero attached hydrogens (tertiary/aromatic N) is 7. The number of imidazole rings is 1. The third kappa shape index (κ3) is 2.01. The second-order valence-corrected chi connectivity index (χ2v) is 4.40. The minimum atomic E-state index is -0.273. The summed E-state index contributed by atoms with van der Waals surface area (Å²) in [4.78, 5) is 14.8. The minimum Gasteiger partial charge on any atom is -0.394 e. The molecule has 0 radical (unpaired) electrons. The Morgan fingerprint density at radius 3 is 3.10 bits per heavy atom. The fourth-order valence-electron chi connectivity index (χ4n) is 2.25. The van der Waals surface area contributed by atoms with Crippen molar-refractivity contribution in [2.45, 2.75) is 25.2 Å². The van der Waals surface area contributed by atoms with Crippen LogP contribution in [0.2, 0.25) is 0 Å². The molecule has 2 unspecified atom stereocenters. The van der Waals surface area contributed by atoms with Crippen LogP contribution in [0.25, 0.3) is 21.6 Å². The molecular weight excluding hydrogens is 264 g/mol. The highest BCUT2D eigenvalue weighted by Crippen LogP contribution is 2.31. The number of nitrogen functional groups attached to an aromatic ring is 1. The normalized spacial score (nSPS) is 22.1. The lowest BCUT2D eigenvalue weighted by Gasteiger charge is -2.13.